The predicted molar refractivity (Wildman–Crippen MR) is 65.2 cm³/mol. The van der Waals surface area contributed by atoms with Crippen LogP contribution in [0.2, 0.25) is 0 Å². The molecular formula is C11H19N3OS. The molecule has 4 nitrogen and oxygen atoms in total. The van der Waals surface area contributed by atoms with Gasteiger partial charge in [-0.3, -0.25) is 0 Å². The van der Waals surface area contributed by atoms with Crippen LogP contribution in [0, 0.1) is 0 Å². The lowest BCUT2D eigenvalue weighted by molar-refractivity contribution is 0.221. The summed E-state index contributed by atoms with van der Waals surface area (Å²) >= 11 is 1.82. The highest BCUT2D eigenvalue weighted by atomic mass is 32.2. The molecule has 90 valence electrons. The van der Waals surface area contributed by atoms with E-state index in [4.69, 9.17) is 10.3 Å². The Bertz CT molecular complexity index is 347. The third-order valence-electron chi connectivity index (χ3n) is 2.91. The van der Waals surface area contributed by atoms with Crippen molar-refractivity contribution in [1.82, 2.24) is 10.1 Å². The molecule has 1 aliphatic rings. The lowest BCUT2D eigenvalue weighted by Crippen LogP contribution is -2.48. The van der Waals surface area contributed by atoms with Gasteiger partial charge in [-0.2, -0.15) is 16.7 Å². The highest BCUT2D eigenvalue weighted by molar-refractivity contribution is 7.99. The highest BCUT2D eigenvalue weighted by Crippen LogP contribution is 2.32. The van der Waals surface area contributed by atoms with Gasteiger partial charge in [-0.1, -0.05) is 19.0 Å². The fourth-order valence-electron chi connectivity index (χ4n) is 1.77. The number of aromatic nitrogens is 2. The second kappa shape index (κ2) is 4.75. The van der Waals surface area contributed by atoms with E-state index in [1.54, 1.807) is 0 Å². The van der Waals surface area contributed by atoms with E-state index in [1.807, 2.05) is 11.8 Å². The van der Waals surface area contributed by atoms with Crippen molar-refractivity contribution in [3.63, 3.8) is 0 Å². The van der Waals surface area contributed by atoms with E-state index < -0.39 is 0 Å². The van der Waals surface area contributed by atoms with Gasteiger partial charge in [0.25, 0.3) is 0 Å². The van der Waals surface area contributed by atoms with Gasteiger partial charge in [0.15, 0.2) is 5.82 Å². The number of nitrogens with two attached hydrogens (primary N) is 1. The molecule has 1 heterocycles. The maximum Gasteiger partial charge on any atom is 0.228 e. The zero-order chi connectivity index (χ0) is 11.6. The van der Waals surface area contributed by atoms with Crippen LogP contribution in [0.15, 0.2) is 4.52 Å². The molecule has 0 aromatic carbocycles. The Kier molecular flexibility index (Phi) is 3.54. The quantitative estimate of drug-likeness (QED) is 0.855. The van der Waals surface area contributed by atoms with Crippen LogP contribution in [0.4, 0.5) is 0 Å². The average molecular weight is 241 g/mol. The average Bonchev–Trinajstić information content (AvgIpc) is 2.60. The SMILES string of the molecule is CC(C)SCc1noc(CC2(N)CCC2)n1. The lowest BCUT2D eigenvalue weighted by Gasteiger charge is -2.36. The van der Waals surface area contributed by atoms with Crippen molar-refractivity contribution in [3.05, 3.63) is 11.7 Å². The Hall–Kier alpha value is -0.550. The Morgan fingerprint density at radius 2 is 2.25 bits per heavy atom. The van der Waals surface area contributed by atoms with Crippen LogP contribution in [-0.2, 0) is 12.2 Å². The number of rotatable bonds is 5. The molecule has 0 unspecified atom stereocenters. The maximum atomic E-state index is 6.13. The third-order valence-corrected chi connectivity index (χ3v) is 4.00. The molecule has 0 atom stereocenters. The van der Waals surface area contributed by atoms with Crippen LogP contribution in [0.25, 0.3) is 0 Å². The molecular weight excluding hydrogens is 222 g/mol. The summed E-state index contributed by atoms with van der Waals surface area (Å²) in [5.41, 5.74) is 6.06. The van der Waals surface area contributed by atoms with Crippen LogP contribution in [-0.4, -0.2) is 20.9 Å². The van der Waals surface area contributed by atoms with Crippen molar-refractivity contribution < 1.29 is 4.52 Å². The van der Waals surface area contributed by atoms with Crippen LogP contribution < -0.4 is 5.73 Å². The molecule has 1 saturated carbocycles. The van der Waals surface area contributed by atoms with Gasteiger partial charge in [0, 0.05) is 12.0 Å². The lowest BCUT2D eigenvalue weighted by atomic mass is 9.75. The fourth-order valence-corrected chi connectivity index (χ4v) is 2.37. The summed E-state index contributed by atoms with van der Waals surface area (Å²) in [7, 11) is 0. The summed E-state index contributed by atoms with van der Waals surface area (Å²) in [6.07, 6.45) is 4.10. The van der Waals surface area contributed by atoms with E-state index in [0.29, 0.717) is 11.1 Å². The van der Waals surface area contributed by atoms with Crippen molar-refractivity contribution in [2.45, 2.75) is 56.1 Å². The fraction of sp³-hybridized carbons (Fsp3) is 0.818. The van der Waals surface area contributed by atoms with Gasteiger partial charge >= 0.3 is 0 Å². The van der Waals surface area contributed by atoms with Gasteiger partial charge in [-0.15, -0.1) is 0 Å². The van der Waals surface area contributed by atoms with E-state index in [9.17, 15) is 0 Å². The van der Waals surface area contributed by atoms with Gasteiger partial charge in [0.1, 0.15) is 0 Å². The molecule has 1 fully saturated rings. The number of hydrogen-bond acceptors (Lipinski definition) is 5. The molecule has 16 heavy (non-hydrogen) atoms. The minimum atomic E-state index is -0.0744. The summed E-state index contributed by atoms with van der Waals surface area (Å²) < 4.78 is 5.21. The third kappa shape index (κ3) is 2.98. The Morgan fingerprint density at radius 1 is 1.50 bits per heavy atom. The summed E-state index contributed by atoms with van der Waals surface area (Å²) in [5, 5.41) is 4.56. The monoisotopic (exact) mass is 241 g/mol. The molecule has 1 aromatic heterocycles. The Balaban J connectivity index is 1.87. The second-order valence-corrected chi connectivity index (χ2v) is 6.42. The van der Waals surface area contributed by atoms with Crippen LogP contribution in [0.5, 0.6) is 0 Å². The van der Waals surface area contributed by atoms with Crippen molar-refractivity contribution >= 4 is 11.8 Å². The first-order chi connectivity index (χ1) is 7.57. The van der Waals surface area contributed by atoms with Gasteiger partial charge in [0.05, 0.1) is 5.75 Å². The highest BCUT2D eigenvalue weighted by Gasteiger charge is 2.34. The number of thioether (sulfide) groups is 1. The molecule has 1 aromatic rings. The molecule has 0 amide bonds. The van der Waals surface area contributed by atoms with E-state index in [1.165, 1.54) is 6.42 Å². The zero-order valence-corrected chi connectivity index (χ0v) is 10.7. The van der Waals surface area contributed by atoms with Crippen LogP contribution in [0.1, 0.15) is 44.8 Å². The molecule has 0 spiro atoms. The molecule has 0 aliphatic heterocycles. The second-order valence-electron chi connectivity index (χ2n) is 4.86. The first-order valence-corrected chi connectivity index (χ1v) is 6.84. The predicted octanol–water partition coefficient (Wildman–Crippen LogP) is 2.14. The van der Waals surface area contributed by atoms with Gasteiger partial charge in [-0.05, 0) is 24.5 Å². The van der Waals surface area contributed by atoms with Crippen molar-refractivity contribution in [1.29, 1.82) is 0 Å². The molecule has 0 saturated heterocycles. The topological polar surface area (TPSA) is 64.9 Å². The smallest absolute Gasteiger partial charge is 0.228 e. The summed E-state index contributed by atoms with van der Waals surface area (Å²) in [6.45, 7) is 4.32. The zero-order valence-electron chi connectivity index (χ0n) is 9.90. The normalized spacial score (nSPS) is 18.8. The molecule has 0 bridgehead atoms. The summed E-state index contributed by atoms with van der Waals surface area (Å²) in [6, 6.07) is 0. The summed E-state index contributed by atoms with van der Waals surface area (Å²) in [4.78, 5) is 4.37. The van der Waals surface area contributed by atoms with Crippen molar-refractivity contribution in [2.75, 3.05) is 0 Å². The number of nitrogens with zero attached hydrogens (tertiary/aromatic N) is 2. The first-order valence-electron chi connectivity index (χ1n) is 5.79. The van der Waals surface area contributed by atoms with E-state index in [-0.39, 0.29) is 5.54 Å². The minimum absolute atomic E-state index is 0.0744. The van der Waals surface area contributed by atoms with Crippen LogP contribution in [0.3, 0.4) is 0 Å². The Labute approximate surface area is 100 Å². The molecule has 1 aliphatic carbocycles. The van der Waals surface area contributed by atoms with E-state index in [0.717, 1.165) is 30.8 Å². The largest absolute Gasteiger partial charge is 0.339 e. The van der Waals surface area contributed by atoms with Gasteiger partial charge < -0.3 is 10.3 Å². The molecule has 0 radical (unpaired) electrons. The summed E-state index contributed by atoms with van der Waals surface area (Å²) in [5.74, 6) is 2.30. The van der Waals surface area contributed by atoms with Crippen LogP contribution >= 0.6 is 11.8 Å². The van der Waals surface area contributed by atoms with Gasteiger partial charge in [-0.25, -0.2) is 0 Å². The van der Waals surface area contributed by atoms with Gasteiger partial charge in [0.2, 0.25) is 5.89 Å². The first kappa shape index (κ1) is 11.9. The van der Waals surface area contributed by atoms with E-state index >= 15 is 0 Å². The maximum absolute atomic E-state index is 6.13. The van der Waals surface area contributed by atoms with Crippen molar-refractivity contribution in [2.24, 2.45) is 5.73 Å². The molecule has 2 N–H and O–H groups in total. The minimum Gasteiger partial charge on any atom is -0.339 e. The van der Waals surface area contributed by atoms with Crippen molar-refractivity contribution in [3.8, 4) is 0 Å². The standard InChI is InChI=1S/C11H19N3OS/c1-8(2)16-7-9-13-10(15-14-9)6-11(12)4-3-5-11/h8H,3-7,12H2,1-2H3. The molecule has 5 heteroatoms. The number of hydrogen-bond donors (Lipinski definition) is 1. The van der Waals surface area contributed by atoms with E-state index in [2.05, 4.69) is 24.0 Å². The molecule has 2 rings (SSSR count). The Morgan fingerprint density at radius 3 is 2.81 bits per heavy atom.